The molecular formula is C21H27N2O+. The minimum absolute atomic E-state index is 0.268. The molecule has 1 fully saturated rings. The number of carbonyl (C=O) groups excluding carboxylic acids is 1. The zero-order valence-electron chi connectivity index (χ0n) is 14.3. The summed E-state index contributed by atoms with van der Waals surface area (Å²) in [6, 6.07) is 20.7. The monoisotopic (exact) mass is 323 g/mol. The van der Waals surface area contributed by atoms with E-state index in [9.17, 15) is 4.79 Å². The Kier molecular flexibility index (Phi) is 6.02. The van der Waals surface area contributed by atoms with Crippen LogP contribution in [-0.2, 0) is 17.6 Å². The SMILES string of the molecule is O=C(Cc1ccccc1)N1CC[NH+](CCCc2ccccc2)CC1. The maximum absolute atomic E-state index is 12.4. The number of carbonyl (C=O) groups is 1. The zero-order valence-corrected chi connectivity index (χ0v) is 14.3. The number of nitrogens with zero attached hydrogens (tertiary/aromatic N) is 1. The lowest BCUT2D eigenvalue weighted by Crippen LogP contribution is -3.14. The first-order valence-corrected chi connectivity index (χ1v) is 9.00. The van der Waals surface area contributed by atoms with Crippen LogP contribution in [0, 0.1) is 0 Å². The van der Waals surface area contributed by atoms with Crippen molar-refractivity contribution in [2.45, 2.75) is 19.3 Å². The Morgan fingerprint density at radius 3 is 2.08 bits per heavy atom. The van der Waals surface area contributed by atoms with Crippen molar-refractivity contribution in [3.05, 3.63) is 71.8 Å². The van der Waals surface area contributed by atoms with Crippen LogP contribution in [0.25, 0.3) is 0 Å². The quantitative estimate of drug-likeness (QED) is 0.858. The standard InChI is InChI=1S/C21H26N2O/c24-21(18-20-10-5-2-6-11-20)23-16-14-22(15-17-23)13-7-12-19-8-3-1-4-9-19/h1-6,8-11H,7,12-18H2/p+1. The molecule has 0 unspecified atom stereocenters. The summed E-state index contributed by atoms with van der Waals surface area (Å²) < 4.78 is 0. The molecular weight excluding hydrogens is 296 g/mol. The van der Waals surface area contributed by atoms with E-state index in [4.69, 9.17) is 0 Å². The second-order valence-electron chi connectivity index (χ2n) is 6.63. The molecule has 0 bridgehead atoms. The fourth-order valence-electron chi connectivity index (χ4n) is 3.39. The molecule has 2 aromatic rings. The first-order chi connectivity index (χ1) is 11.8. The maximum Gasteiger partial charge on any atom is 0.227 e. The lowest BCUT2D eigenvalue weighted by molar-refractivity contribution is -0.904. The van der Waals surface area contributed by atoms with Gasteiger partial charge in [0.1, 0.15) is 0 Å². The van der Waals surface area contributed by atoms with Crippen LogP contribution in [0.15, 0.2) is 60.7 Å². The largest absolute Gasteiger partial charge is 0.332 e. The van der Waals surface area contributed by atoms with E-state index in [1.807, 2.05) is 35.2 Å². The molecule has 0 aliphatic carbocycles. The molecule has 1 aliphatic rings. The van der Waals surface area contributed by atoms with Gasteiger partial charge in [0.2, 0.25) is 5.91 Å². The summed E-state index contributed by atoms with van der Waals surface area (Å²) in [5, 5.41) is 0. The molecule has 3 heteroatoms. The van der Waals surface area contributed by atoms with E-state index in [0.717, 1.165) is 38.2 Å². The Labute approximate surface area is 144 Å². The van der Waals surface area contributed by atoms with E-state index in [2.05, 4.69) is 30.3 Å². The van der Waals surface area contributed by atoms with E-state index in [0.29, 0.717) is 6.42 Å². The molecule has 1 saturated heterocycles. The number of rotatable bonds is 6. The first kappa shape index (κ1) is 16.7. The first-order valence-electron chi connectivity index (χ1n) is 9.00. The van der Waals surface area contributed by atoms with Crippen molar-refractivity contribution >= 4 is 5.91 Å². The van der Waals surface area contributed by atoms with Gasteiger partial charge in [0.05, 0.1) is 39.1 Å². The molecule has 3 rings (SSSR count). The van der Waals surface area contributed by atoms with Gasteiger partial charge in [0, 0.05) is 6.42 Å². The number of nitrogens with one attached hydrogen (secondary N) is 1. The summed E-state index contributed by atoms with van der Waals surface area (Å²) in [5.74, 6) is 0.268. The highest BCUT2D eigenvalue weighted by Gasteiger charge is 2.23. The van der Waals surface area contributed by atoms with E-state index in [1.54, 1.807) is 4.90 Å². The normalized spacial score (nSPS) is 15.4. The van der Waals surface area contributed by atoms with Gasteiger partial charge in [0.25, 0.3) is 0 Å². The highest BCUT2D eigenvalue weighted by atomic mass is 16.2. The summed E-state index contributed by atoms with van der Waals surface area (Å²) in [5.41, 5.74) is 2.54. The fraction of sp³-hybridized carbons (Fsp3) is 0.381. The van der Waals surface area contributed by atoms with Gasteiger partial charge < -0.3 is 9.80 Å². The number of hydrogen-bond donors (Lipinski definition) is 1. The van der Waals surface area contributed by atoms with E-state index in [-0.39, 0.29) is 5.91 Å². The molecule has 1 heterocycles. The van der Waals surface area contributed by atoms with Crippen molar-refractivity contribution in [2.24, 2.45) is 0 Å². The molecule has 0 radical (unpaired) electrons. The molecule has 3 nitrogen and oxygen atoms in total. The average molecular weight is 323 g/mol. The zero-order chi connectivity index (χ0) is 16.6. The molecule has 1 N–H and O–H groups in total. The highest BCUT2D eigenvalue weighted by Crippen LogP contribution is 2.04. The van der Waals surface area contributed by atoms with Crippen molar-refractivity contribution in [1.82, 2.24) is 4.90 Å². The number of hydrogen-bond acceptors (Lipinski definition) is 1. The maximum atomic E-state index is 12.4. The van der Waals surface area contributed by atoms with Gasteiger partial charge >= 0.3 is 0 Å². The van der Waals surface area contributed by atoms with Crippen LogP contribution < -0.4 is 4.90 Å². The Balaban J connectivity index is 1.37. The molecule has 24 heavy (non-hydrogen) atoms. The van der Waals surface area contributed by atoms with Crippen LogP contribution in [0.1, 0.15) is 17.5 Å². The average Bonchev–Trinajstić information content (AvgIpc) is 2.64. The van der Waals surface area contributed by atoms with Crippen molar-refractivity contribution in [3.8, 4) is 0 Å². The van der Waals surface area contributed by atoms with Crippen LogP contribution in [0.3, 0.4) is 0 Å². The molecule has 0 atom stereocenters. The lowest BCUT2D eigenvalue weighted by Gasteiger charge is -2.32. The van der Waals surface area contributed by atoms with Crippen LogP contribution in [0.2, 0.25) is 0 Å². The molecule has 0 spiro atoms. The summed E-state index contributed by atoms with van der Waals surface area (Å²) in [4.78, 5) is 16.1. The highest BCUT2D eigenvalue weighted by molar-refractivity contribution is 5.78. The number of aryl methyl sites for hydroxylation is 1. The number of quaternary nitrogens is 1. The minimum Gasteiger partial charge on any atom is -0.332 e. The number of benzene rings is 2. The van der Waals surface area contributed by atoms with E-state index in [1.165, 1.54) is 18.5 Å². The third kappa shape index (κ3) is 4.93. The molecule has 1 amide bonds. The Hall–Kier alpha value is -2.13. The van der Waals surface area contributed by atoms with Gasteiger partial charge in [-0.05, 0) is 17.5 Å². The number of piperazine rings is 1. The molecule has 126 valence electrons. The van der Waals surface area contributed by atoms with Gasteiger partial charge in [-0.15, -0.1) is 0 Å². The van der Waals surface area contributed by atoms with Gasteiger partial charge in [0.15, 0.2) is 0 Å². The molecule has 1 aliphatic heterocycles. The molecule has 0 aromatic heterocycles. The van der Waals surface area contributed by atoms with Crippen LogP contribution in [0.4, 0.5) is 0 Å². The van der Waals surface area contributed by atoms with Gasteiger partial charge in [-0.3, -0.25) is 4.79 Å². The van der Waals surface area contributed by atoms with Crippen LogP contribution in [-0.4, -0.2) is 43.5 Å². The van der Waals surface area contributed by atoms with Crippen molar-refractivity contribution in [1.29, 1.82) is 0 Å². The van der Waals surface area contributed by atoms with Gasteiger partial charge in [-0.25, -0.2) is 0 Å². The Morgan fingerprint density at radius 1 is 0.875 bits per heavy atom. The Bertz CT molecular complexity index is 619. The van der Waals surface area contributed by atoms with Gasteiger partial charge in [-0.1, -0.05) is 60.7 Å². The molecule has 2 aromatic carbocycles. The van der Waals surface area contributed by atoms with Crippen molar-refractivity contribution < 1.29 is 9.69 Å². The summed E-state index contributed by atoms with van der Waals surface area (Å²) in [7, 11) is 0. The number of amides is 1. The molecule has 0 saturated carbocycles. The van der Waals surface area contributed by atoms with Crippen molar-refractivity contribution in [2.75, 3.05) is 32.7 Å². The second-order valence-corrected chi connectivity index (χ2v) is 6.63. The fourth-order valence-corrected chi connectivity index (χ4v) is 3.39. The van der Waals surface area contributed by atoms with Crippen LogP contribution in [0.5, 0.6) is 0 Å². The lowest BCUT2D eigenvalue weighted by atomic mass is 10.1. The Morgan fingerprint density at radius 2 is 1.46 bits per heavy atom. The predicted molar refractivity (Wildman–Crippen MR) is 97.1 cm³/mol. The summed E-state index contributed by atoms with van der Waals surface area (Å²) in [6.45, 7) is 5.15. The summed E-state index contributed by atoms with van der Waals surface area (Å²) in [6.07, 6.45) is 2.91. The third-order valence-electron chi connectivity index (χ3n) is 4.86. The third-order valence-corrected chi connectivity index (χ3v) is 4.86. The van der Waals surface area contributed by atoms with E-state index < -0.39 is 0 Å². The summed E-state index contributed by atoms with van der Waals surface area (Å²) >= 11 is 0. The van der Waals surface area contributed by atoms with Gasteiger partial charge in [-0.2, -0.15) is 0 Å². The smallest absolute Gasteiger partial charge is 0.227 e. The topological polar surface area (TPSA) is 24.8 Å². The second kappa shape index (κ2) is 8.65. The minimum atomic E-state index is 0.268. The predicted octanol–water partition coefficient (Wildman–Crippen LogP) is 1.59. The van der Waals surface area contributed by atoms with Crippen LogP contribution >= 0.6 is 0 Å². The van der Waals surface area contributed by atoms with Crippen molar-refractivity contribution in [3.63, 3.8) is 0 Å². The van der Waals surface area contributed by atoms with E-state index >= 15 is 0 Å².